The first-order valence-corrected chi connectivity index (χ1v) is 18.4. The minimum Gasteiger partial charge on any atom is -0.494 e. The van der Waals surface area contributed by atoms with Crippen LogP contribution in [0.3, 0.4) is 0 Å². The standard InChI is InChI=1S/C38H64N6O7/c1-36(2,3)49-33(45)41-31(39)29-17-19-30(20-18-29)48-27-15-14-24-44-25-21-28(22-26-44)16-12-10-11-13-23-40-32(42-34(46)50-37(4,5)6)43-35(47)51-38(7,8)9/h17-20,28H,10-16,21-27H2,1-9H3,(H2,39,41,45)(H2,40,42,43,46,47). The maximum Gasteiger partial charge on any atom is 0.414 e. The third-order valence-electron chi connectivity index (χ3n) is 7.64. The molecule has 0 atom stereocenters. The normalized spacial score (nSPS) is 14.2. The van der Waals surface area contributed by atoms with Gasteiger partial charge >= 0.3 is 18.3 Å². The second-order valence-corrected chi connectivity index (χ2v) is 16.1. The highest BCUT2D eigenvalue weighted by atomic mass is 16.6. The van der Waals surface area contributed by atoms with Gasteiger partial charge in [-0.05, 0) is 144 Å². The van der Waals surface area contributed by atoms with Crippen molar-refractivity contribution in [2.75, 3.05) is 32.8 Å². The number of rotatable bonds is 14. The Balaban J connectivity index is 1.58. The lowest BCUT2D eigenvalue weighted by Gasteiger charge is -2.32. The molecule has 1 fully saturated rings. The monoisotopic (exact) mass is 716 g/mol. The number of hydrogen-bond donors (Lipinski definition) is 4. The van der Waals surface area contributed by atoms with E-state index in [1.165, 1.54) is 25.7 Å². The third kappa shape index (κ3) is 21.2. The minimum atomic E-state index is -0.687. The van der Waals surface area contributed by atoms with Crippen molar-refractivity contribution in [1.29, 1.82) is 5.41 Å². The fraction of sp³-hybridized carbons (Fsp3) is 0.711. The molecule has 1 aromatic rings. The Morgan fingerprint density at radius 3 is 1.76 bits per heavy atom. The van der Waals surface area contributed by atoms with Gasteiger partial charge in [-0.2, -0.15) is 0 Å². The molecule has 3 amide bonds. The molecule has 1 aliphatic heterocycles. The van der Waals surface area contributed by atoms with Gasteiger partial charge in [0.1, 0.15) is 28.4 Å². The Bertz CT molecular complexity index is 1240. The Hall–Kier alpha value is -3.87. The Labute approximate surface area is 305 Å². The molecule has 288 valence electrons. The highest BCUT2D eigenvalue weighted by Crippen LogP contribution is 2.23. The second kappa shape index (κ2) is 20.8. The molecule has 2 rings (SSSR count). The summed E-state index contributed by atoms with van der Waals surface area (Å²) in [5.41, 5.74) is -1.39. The summed E-state index contributed by atoms with van der Waals surface area (Å²) >= 11 is 0. The van der Waals surface area contributed by atoms with E-state index in [1.54, 1.807) is 74.4 Å². The van der Waals surface area contributed by atoms with Crippen molar-refractivity contribution >= 4 is 30.1 Å². The van der Waals surface area contributed by atoms with Crippen LogP contribution in [0.2, 0.25) is 0 Å². The number of hydrogen-bond acceptors (Lipinski definition) is 10. The summed E-state index contributed by atoms with van der Waals surface area (Å²) in [5, 5.41) is 15.6. The molecule has 0 unspecified atom stereocenters. The van der Waals surface area contributed by atoms with Crippen LogP contribution >= 0.6 is 0 Å². The number of guanidine groups is 1. The number of alkyl carbamates (subject to hydrolysis) is 3. The number of unbranched alkanes of at least 4 members (excludes halogenated alkanes) is 4. The van der Waals surface area contributed by atoms with E-state index in [1.807, 2.05) is 12.1 Å². The van der Waals surface area contributed by atoms with Crippen LogP contribution in [0.15, 0.2) is 29.3 Å². The van der Waals surface area contributed by atoms with Crippen LogP contribution in [0.4, 0.5) is 14.4 Å². The largest absolute Gasteiger partial charge is 0.494 e. The van der Waals surface area contributed by atoms with Crippen LogP contribution in [0, 0.1) is 11.3 Å². The Kier molecular flexibility index (Phi) is 17.7. The number of likely N-dealkylation sites (tertiary alicyclic amines) is 1. The molecule has 0 spiro atoms. The molecule has 1 aliphatic rings. The van der Waals surface area contributed by atoms with Gasteiger partial charge in [0.2, 0.25) is 5.96 Å². The van der Waals surface area contributed by atoms with E-state index in [2.05, 4.69) is 25.8 Å². The molecule has 1 aromatic carbocycles. The fourth-order valence-electron chi connectivity index (χ4n) is 5.32. The maximum atomic E-state index is 12.2. The van der Waals surface area contributed by atoms with Gasteiger partial charge in [0.05, 0.1) is 6.61 Å². The van der Waals surface area contributed by atoms with Gasteiger partial charge in [0.15, 0.2) is 0 Å². The number of nitrogens with zero attached hydrogens (tertiary/aromatic N) is 2. The summed E-state index contributed by atoms with van der Waals surface area (Å²) in [5.74, 6) is 1.53. The number of nitrogens with one attached hydrogen (secondary N) is 4. The summed E-state index contributed by atoms with van der Waals surface area (Å²) < 4.78 is 21.7. The third-order valence-corrected chi connectivity index (χ3v) is 7.64. The van der Waals surface area contributed by atoms with Crippen LogP contribution in [-0.4, -0.2) is 84.6 Å². The molecule has 0 saturated carbocycles. The van der Waals surface area contributed by atoms with E-state index in [0.29, 0.717) is 18.7 Å². The highest BCUT2D eigenvalue weighted by molar-refractivity contribution is 6.04. The number of ether oxygens (including phenoxy) is 4. The van der Waals surface area contributed by atoms with Gasteiger partial charge in [-0.1, -0.05) is 25.7 Å². The molecule has 13 nitrogen and oxygen atoms in total. The summed E-state index contributed by atoms with van der Waals surface area (Å²) in [6.07, 6.45) is 7.93. The molecule has 0 radical (unpaired) electrons. The van der Waals surface area contributed by atoms with E-state index in [-0.39, 0.29) is 11.8 Å². The molecule has 13 heteroatoms. The number of benzene rings is 1. The molecule has 4 N–H and O–H groups in total. The zero-order valence-electron chi connectivity index (χ0n) is 32.5. The van der Waals surface area contributed by atoms with Crippen molar-refractivity contribution in [3.63, 3.8) is 0 Å². The van der Waals surface area contributed by atoms with Gasteiger partial charge in [-0.25, -0.2) is 14.4 Å². The van der Waals surface area contributed by atoms with Crippen LogP contribution in [0.5, 0.6) is 5.75 Å². The van der Waals surface area contributed by atoms with Crippen molar-refractivity contribution in [3.05, 3.63) is 29.8 Å². The second-order valence-electron chi connectivity index (χ2n) is 16.1. The van der Waals surface area contributed by atoms with Gasteiger partial charge in [-0.15, -0.1) is 0 Å². The molecular weight excluding hydrogens is 652 g/mol. The number of aliphatic imine (C=N–C) groups is 1. The smallest absolute Gasteiger partial charge is 0.414 e. The van der Waals surface area contributed by atoms with E-state index in [0.717, 1.165) is 63.4 Å². The first-order valence-electron chi connectivity index (χ1n) is 18.4. The van der Waals surface area contributed by atoms with E-state index in [9.17, 15) is 14.4 Å². The van der Waals surface area contributed by atoms with E-state index in [4.69, 9.17) is 24.4 Å². The highest BCUT2D eigenvalue weighted by Gasteiger charge is 2.22. The SMILES string of the molecule is CC(C)(C)OC(=O)NC(=N)c1ccc(OCCCCN2CCC(CCCCCCN=C(NC(=O)OC(C)(C)C)NC(=O)OC(C)(C)C)CC2)cc1. The first kappa shape index (κ1) is 43.3. The Morgan fingerprint density at radius 1 is 0.725 bits per heavy atom. The van der Waals surface area contributed by atoms with Crippen molar-refractivity contribution in [2.45, 2.75) is 137 Å². The lowest BCUT2D eigenvalue weighted by Crippen LogP contribution is -2.47. The maximum absolute atomic E-state index is 12.2. The molecule has 1 heterocycles. The van der Waals surface area contributed by atoms with E-state index < -0.39 is 35.1 Å². The quantitative estimate of drug-likeness (QED) is 0.0657. The average Bonchev–Trinajstić information content (AvgIpc) is 2.98. The van der Waals surface area contributed by atoms with Crippen LogP contribution in [0.1, 0.15) is 126 Å². The summed E-state index contributed by atoms with van der Waals surface area (Å²) in [6, 6.07) is 7.14. The van der Waals surface area contributed by atoms with Crippen LogP contribution in [0.25, 0.3) is 0 Å². The molecule has 0 aliphatic carbocycles. The Morgan fingerprint density at radius 2 is 1.24 bits per heavy atom. The van der Waals surface area contributed by atoms with Crippen molar-refractivity contribution in [1.82, 2.24) is 20.9 Å². The molecular formula is C38H64N6O7. The van der Waals surface area contributed by atoms with Gasteiger partial charge < -0.3 is 23.8 Å². The lowest BCUT2D eigenvalue weighted by atomic mass is 9.91. The molecule has 0 bridgehead atoms. The molecule has 51 heavy (non-hydrogen) atoms. The summed E-state index contributed by atoms with van der Waals surface area (Å²) in [4.78, 5) is 43.3. The summed E-state index contributed by atoms with van der Waals surface area (Å²) in [7, 11) is 0. The van der Waals surface area contributed by atoms with Gasteiger partial charge in [-0.3, -0.25) is 26.4 Å². The average molecular weight is 717 g/mol. The number of carbonyl (C=O) groups excluding carboxylic acids is 3. The van der Waals surface area contributed by atoms with Crippen molar-refractivity contribution in [2.24, 2.45) is 10.9 Å². The number of amides is 3. The fourth-order valence-corrected chi connectivity index (χ4v) is 5.32. The minimum absolute atomic E-state index is 0.0150. The molecule has 0 aromatic heterocycles. The van der Waals surface area contributed by atoms with Gasteiger partial charge in [0.25, 0.3) is 0 Å². The van der Waals surface area contributed by atoms with Gasteiger partial charge in [0, 0.05) is 12.1 Å². The number of piperidine rings is 1. The van der Waals surface area contributed by atoms with E-state index >= 15 is 0 Å². The topological polar surface area (TPSA) is 164 Å². The number of carbonyl (C=O) groups is 3. The predicted octanol–water partition coefficient (Wildman–Crippen LogP) is 7.76. The molecule has 1 saturated heterocycles. The van der Waals surface area contributed by atoms with Crippen LogP contribution < -0.4 is 20.7 Å². The zero-order chi connectivity index (χ0) is 38.1. The van der Waals surface area contributed by atoms with Crippen molar-refractivity contribution < 1.29 is 33.3 Å². The predicted molar refractivity (Wildman–Crippen MR) is 201 cm³/mol. The van der Waals surface area contributed by atoms with Crippen molar-refractivity contribution in [3.8, 4) is 5.75 Å². The van der Waals surface area contributed by atoms with Crippen LogP contribution in [-0.2, 0) is 14.2 Å². The zero-order valence-corrected chi connectivity index (χ0v) is 32.5. The number of amidine groups is 1. The first-order chi connectivity index (χ1) is 23.8. The lowest BCUT2D eigenvalue weighted by molar-refractivity contribution is 0.0534. The summed E-state index contributed by atoms with van der Waals surface area (Å²) in [6.45, 7) is 20.4.